The Hall–Kier alpha value is -1.36. The summed E-state index contributed by atoms with van der Waals surface area (Å²) in [7, 11) is 3.14. The maximum atomic E-state index is 11.1. The van der Waals surface area contributed by atoms with Crippen LogP contribution in [0, 0.1) is 0 Å². The Morgan fingerprint density at radius 1 is 1.79 bits per heavy atom. The quantitative estimate of drug-likeness (QED) is 0.700. The van der Waals surface area contributed by atoms with Gasteiger partial charge in [-0.05, 0) is 13.0 Å². The third-order valence-corrected chi connectivity index (χ3v) is 2.15. The van der Waals surface area contributed by atoms with Gasteiger partial charge in [-0.25, -0.2) is 0 Å². The zero-order valence-corrected chi connectivity index (χ0v) is 8.65. The fraction of sp³-hybridized carbons (Fsp3) is 0.556. The van der Waals surface area contributed by atoms with E-state index in [1.807, 2.05) is 0 Å². The van der Waals surface area contributed by atoms with Gasteiger partial charge in [0.25, 0.3) is 0 Å². The summed E-state index contributed by atoms with van der Waals surface area (Å²) < 4.78 is 6.23. The SMILES string of the molecule is COC(=O)C[C@](C)(N)c1ccnn1C. The van der Waals surface area contributed by atoms with E-state index in [1.54, 1.807) is 30.9 Å². The third kappa shape index (κ3) is 2.11. The van der Waals surface area contributed by atoms with Crippen molar-refractivity contribution < 1.29 is 9.53 Å². The molecule has 0 aromatic carbocycles. The number of hydrogen-bond donors (Lipinski definition) is 1. The highest BCUT2D eigenvalue weighted by Gasteiger charge is 2.27. The summed E-state index contributed by atoms with van der Waals surface area (Å²) in [5.74, 6) is -0.323. The van der Waals surface area contributed by atoms with E-state index in [0.717, 1.165) is 5.69 Å². The molecule has 0 saturated carbocycles. The molecule has 0 bridgehead atoms. The summed E-state index contributed by atoms with van der Waals surface area (Å²) >= 11 is 0. The topological polar surface area (TPSA) is 70.1 Å². The molecule has 1 aromatic rings. The van der Waals surface area contributed by atoms with Gasteiger partial charge in [-0.3, -0.25) is 9.48 Å². The van der Waals surface area contributed by atoms with E-state index >= 15 is 0 Å². The zero-order valence-electron chi connectivity index (χ0n) is 8.65. The average molecular weight is 197 g/mol. The normalized spacial score (nSPS) is 14.9. The van der Waals surface area contributed by atoms with E-state index < -0.39 is 5.54 Å². The molecule has 1 rings (SSSR count). The minimum Gasteiger partial charge on any atom is -0.469 e. The first-order valence-corrected chi connectivity index (χ1v) is 4.31. The highest BCUT2D eigenvalue weighted by molar-refractivity contribution is 5.70. The van der Waals surface area contributed by atoms with Crippen LogP contribution in [-0.4, -0.2) is 22.9 Å². The van der Waals surface area contributed by atoms with Crippen LogP contribution in [0.4, 0.5) is 0 Å². The summed E-state index contributed by atoms with van der Waals surface area (Å²) in [5.41, 5.74) is 6.07. The largest absolute Gasteiger partial charge is 0.469 e. The molecule has 1 heterocycles. The van der Waals surface area contributed by atoms with Crippen LogP contribution in [0.15, 0.2) is 12.3 Å². The molecule has 78 valence electrons. The van der Waals surface area contributed by atoms with Crippen LogP contribution in [-0.2, 0) is 22.1 Å². The van der Waals surface area contributed by atoms with E-state index in [-0.39, 0.29) is 12.4 Å². The minimum atomic E-state index is -0.738. The van der Waals surface area contributed by atoms with Crippen molar-refractivity contribution in [3.8, 4) is 0 Å². The first-order chi connectivity index (χ1) is 6.47. The molecule has 0 amide bonds. The zero-order chi connectivity index (χ0) is 10.8. The highest BCUT2D eigenvalue weighted by atomic mass is 16.5. The van der Waals surface area contributed by atoms with Gasteiger partial charge in [0.1, 0.15) is 0 Å². The number of nitrogens with two attached hydrogens (primary N) is 1. The van der Waals surface area contributed by atoms with Crippen molar-refractivity contribution >= 4 is 5.97 Å². The van der Waals surface area contributed by atoms with Gasteiger partial charge in [-0.2, -0.15) is 5.10 Å². The summed E-state index contributed by atoms with van der Waals surface area (Å²) in [5, 5.41) is 4.00. The number of methoxy groups -OCH3 is 1. The van der Waals surface area contributed by atoms with Gasteiger partial charge in [0.05, 0.1) is 24.8 Å². The van der Waals surface area contributed by atoms with Crippen molar-refractivity contribution in [2.45, 2.75) is 18.9 Å². The molecular weight excluding hydrogens is 182 g/mol. The Kier molecular flexibility index (Phi) is 2.90. The first kappa shape index (κ1) is 10.7. The molecular formula is C9H15N3O2. The van der Waals surface area contributed by atoms with Gasteiger partial charge in [-0.1, -0.05) is 0 Å². The van der Waals surface area contributed by atoms with Crippen LogP contribution >= 0.6 is 0 Å². The number of hydrogen-bond acceptors (Lipinski definition) is 4. The van der Waals surface area contributed by atoms with Crippen LogP contribution in [0.5, 0.6) is 0 Å². The van der Waals surface area contributed by atoms with Crippen LogP contribution in [0.3, 0.4) is 0 Å². The van der Waals surface area contributed by atoms with Crippen LogP contribution < -0.4 is 5.73 Å². The smallest absolute Gasteiger partial charge is 0.307 e. The van der Waals surface area contributed by atoms with Gasteiger partial charge in [0.2, 0.25) is 0 Å². The second-order valence-corrected chi connectivity index (χ2v) is 3.51. The Morgan fingerprint density at radius 2 is 2.43 bits per heavy atom. The summed E-state index contributed by atoms with van der Waals surface area (Å²) in [6, 6.07) is 1.79. The molecule has 0 aliphatic carbocycles. The van der Waals surface area contributed by atoms with Crippen molar-refractivity contribution in [3.63, 3.8) is 0 Å². The number of carbonyl (C=O) groups is 1. The number of esters is 1. The second kappa shape index (κ2) is 3.79. The third-order valence-electron chi connectivity index (χ3n) is 2.15. The van der Waals surface area contributed by atoms with Gasteiger partial charge in [0, 0.05) is 13.2 Å². The van der Waals surface area contributed by atoms with E-state index in [0.29, 0.717) is 0 Å². The van der Waals surface area contributed by atoms with Gasteiger partial charge >= 0.3 is 5.97 Å². The second-order valence-electron chi connectivity index (χ2n) is 3.51. The maximum absolute atomic E-state index is 11.1. The van der Waals surface area contributed by atoms with Crippen molar-refractivity contribution in [2.24, 2.45) is 12.8 Å². The standard InChI is InChI=1S/C9H15N3O2/c1-9(10,6-8(13)14-3)7-4-5-11-12(7)2/h4-5H,6,10H2,1-3H3/t9-/m0/s1. The van der Waals surface area contributed by atoms with Crippen LogP contribution in [0.1, 0.15) is 19.0 Å². The number of carbonyl (C=O) groups excluding carboxylic acids is 1. The lowest BCUT2D eigenvalue weighted by molar-refractivity contribution is -0.142. The van der Waals surface area contributed by atoms with Crippen molar-refractivity contribution in [1.29, 1.82) is 0 Å². The number of aryl methyl sites for hydroxylation is 1. The van der Waals surface area contributed by atoms with Crippen LogP contribution in [0.2, 0.25) is 0 Å². The number of rotatable bonds is 3. The molecule has 5 heteroatoms. The monoisotopic (exact) mass is 197 g/mol. The molecule has 0 fully saturated rings. The van der Waals surface area contributed by atoms with Crippen molar-refractivity contribution in [3.05, 3.63) is 18.0 Å². The van der Waals surface area contributed by atoms with E-state index in [1.165, 1.54) is 7.11 Å². The molecule has 0 unspecified atom stereocenters. The predicted octanol–water partition coefficient (Wildman–Crippen LogP) is 0.157. The van der Waals surface area contributed by atoms with E-state index in [4.69, 9.17) is 5.73 Å². The fourth-order valence-electron chi connectivity index (χ4n) is 1.40. The molecule has 1 aromatic heterocycles. The van der Waals surface area contributed by atoms with Crippen molar-refractivity contribution in [2.75, 3.05) is 7.11 Å². The number of nitrogens with zero attached hydrogens (tertiary/aromatic N) is 2. The Labute approximate surface area is 82.8 Å². The summed E-state index contributed by atoms with van der Waals surface area (Å²) in [6.07, 6.45) is 1.79. The Bertz CT molecular complexity index is 331. The average Bonchev–Trinajstić information content (AvgIpc) is 2.51. The van der Waals surface area contributed by atoms with E-state index in [9.17, 15) is 4.79 Å². The highest BCUT2D eigenvalue weighted by Crippen LogP contribution is 2.20. The predicted molar refractivity (Wildman–Crippen MR) is 51.4 cm³/mol. The summed E-state index contributed by atoms with van der Waals surface area (Å²) in [6.45, 7) is 1.78. The van der Waals surface area contributed by atoms with Gasteiger partial charge < -0.3 is 10.5 Å². The molecule has 0 spiro atoms. The molecule has 0 aliphatic rings. The Morgan fingerprint density at radius 3 is 2.86 bits per heavy atom. The van der Waals surface area contributed by atoms with Gasteiger partial charge in [-0.15, -0.1) is 0 Å². The molecule has 2 N–H and O–H groups in total. The van der Waals surface area contributed by atoms with Crippen molar-refractivity contribution in [1.82, 2.24) is 9.78 Å². The first-order valence-electron chi connectivity index (χ1n) is 4.31. The Balaban J connectivity index is 2.85. The number of ether oxygens (including phenoxy) is 1. The minimum absolute atomic E-state index is 0.142. The van der Waals surface area contributed by atoms with Crippen LogP contribution in [0.25, 0.3) is 0 Å². The molecule has 14 heavy (non-hydrogen) atoms. The molecule has 5 nitrogen and oxygen atoms in total. The molecule has 0 radical (unpaired) electrons. The lowest BCUT2D eigenvalue weighted by Gasteiger charge is -2.23. The lowest BCUT2D eigenvalue weighted by Crippen LogP contribution is -2.37. The molecule has 0 aliphatic heterocycles. The van der Waals surface area contributed by atoms with E-state index in [2.05, 4.69) is 9.84 Å². The molecule has 1 atom stereocenters. The van der Waals surface area contributed by atoms with Gasteiger partial charge in [0.15, 0.2) is 0 Å². The molecule has 0 saturated heterocycles. The fourth-order valence-corrected chi connectivity index (χ4v) is 1.40. The lowest BCUT2D eigenvalue weighted by atomic mass is 9.95. The summed E-state index contributed by atoms with van der Waals surface area (Å²) in [4.78, 5) is 11.1. The number of aromatic nitrogens is 2. The maximum Gasteiger partial charge on any atom is 0.307 e.